The number of carbonyl (C=O) groups excluding carboxylic acids is 6. The zero-order chi connectivity index (χ0) is 71.3. The summed E-state index contributed by atoms with van der Waals surface area (Å²) in [5, 5.41) is 52.9. The third-order valence-electron chi connectivity index (χ3n) is 20.2. The summed E-state index contributed by atoms with van der Waals surface area (Å²) in [5.41, 5.74) is 19.0. The Labute approximate surface area is 692 Å². The van der Waals surface area contributed by atoms with E-state index in [0.29, 0.717) is 13.2 Å². The second-order valence-corrected chi connectivity index (χ2v) is 25.7. The van der Waals surface area contributed by atoms with Gasteiger partial charge in [0.25, 0.3) is 0 Å². The predicted octanol–water partition coefficient (Wildman–Crippen LogP) is 7.60. The molecule has 1 fully saturated rings. The van der Waals surface area contributed by atoms with Crippen LogP contribution in [0.15, 0.2) is 267 Å². The molecular formula is C88H70K2O15. The Morgan fingerprint density at radius 1 is 0.371 bits per heavy atom. The van der Waals surface area contributed by atoms with Crippen LogP contribution in [0.2, 0.25) is 0 Å². The number of cyclic esters (lactones) is 2. The summed E-state index contributed by atoms with van der Waals surface area (Å²) >= 11 is 0. The minimum absolute atomic E-state index is 0. The Kier molecular flexibility index (Phi) is 24.5. The second-order valence-electron chi connectivity index (χ2n) is 25.7. The van der Waals surface area contributed by atoms with E-state index in [4.69, 9.17) is 19.4 Å². The van der Waals surface area contributed by atoms with Gasteiger partial charge in [-0.25, -0.2) is 4.79 Å². The van der Waals surface area contributed by atoms with Crippen LogP contribution in [0.1, 0.15) is 126 Å². The number of aliphatic hydroxyl groups excluding tert-OH is 2. The molecule has 11 aromatic rings. The van der Waals surface area contributed by atoms with Crippen molar-refractivity contribution in [3.63, 3.8) is 0 Å². The van der Waals surface area contributed by atoms with Crippen molar-refractivity contribution in [1.82, 2.24) is 0 Å². The molecule has 0 spiro atoms. The number of hydrogen-bond acceptors (Lipinski definition) is 15. The molecule has 15 nitrogen and oxygen atoms in total. The average molecular weight is 1450 g/mol. The third-order valence-corrected chi connectivity index (χ3v) is 20.2. The number of aromatic hydroxyl groups is 2. The standard InChI is InChI=1S/C24H22O4.2C20H14O2.C14H10.C6H4O2.C3H4O3.CH2O2.2K.H/c25-11-13-27-19-9-10-20(28-14-12-26)24-22-16-6-2-1-5-15(16)21(23(19)24)17-7-3-4-8-18(17)22;2*21-15-9-10-16(22)20-18-12-6-2-1-5-11(12)17(19(15)20)13-7-3-4-8-14(13)18;1-2-6-12-10-14-8-4-3-7-13(14)9-11(12)5-1;7-5-1-2-6(8)4-3-5;4-3-5-1-2-6-3;2-1-3;;;/h1-10,21-22,25-26H,11-14H2;1-10,17-18,21-22H;1-10,17-20H;1-10H;1-4H;1-2H2;1H,(H,2,3);;;/q;;;;;;;2*+1;-1/p-1. The van der Waals surface area contributed by atoms with Crippen LogP contribution in [0.3, 0.4) is 0 Å². The van der Waals surface area contributed by atoms with Crippen LogP contribution in [0, 0.1) is 11.8 Å². The zero-order valence-electron chi connectivity index (χ0n) is 58.6. The molecule has 0 amide bonds. The van der Waals surface area contributed by atoms with Crippen molar-refractivity contribution in [2.45, 2.75) is 35.5 Å². The van der Waals surface area contributed by atoms with Crippen LogP contribution in [0.5, 0.6) is 23.0 Å². The Morgan fingerprint density at radius 3 is 0.867 bits per heavy atom. The van der Waals surface area contributed by atoms with Gasteiger partial charge in [-0.2, -0.15) is 0 Å². The van der Waals surface area contributed by atoms with E-state index >= 15 is 0 Å². The first-order chi connectivity index (χ1) is 50.4. The molecule has 6 bridgehead atoms. The molecule has 0 aromatic heterocycles. The summed E-state index contributed by atoms with van der Waals surface area (Å²) in [5.74, 6) is 1.79. The number of aliphatic hydroxyl groups is 2. The van der Waals surface area contributed by atoms with Gasteiger partial charge in [0.1, 0.15) is 49.4 Å². The first-order valence-electron chi connectivity index (χ1n) is 34.1. The van der Waals surface area contributed by atoms with Gasteiger partial charge in [0, 0.05) is 76.1 Å². The van der Waals surface area contributed by atoms with E-state index < -0.39 is 12.6 Å². The number of rotatable bonds is 6. The molecule has 2 unspecified atom stereocenters. The zero-order valence-corrected chi connectivity index (χ0v) is 63.9. The van der Waals surface area contributed by atoms with E-state index in [-0.39, 0.29) is 213 Å². The minimum Gasteiger partial charge on any atom is -1.00 e. The molecule has 11 aromatic carbocycles. The molecule has 4 N–H and O–H groups in total. The van der Waals surface area contributed by atoms with Crippen LogP contribution < -0.4 is 117 Å². The normalized spacial score (nSPS) is 19.5. The second kappa shape index (κ2) is 34.0. The summed E-state index contributed by atoms with van der Waals surface area (Å²) in [6.07, 6.45) is 7.43. The summed E-state index contributed by atoms with van der Waals surface area (Å²) in [7, 11) is 0. The van der Waals surface area contributed by atoms with E-state index in [2.05, 4.69) is 167 Å². The van der Waals surface area contributed by atoms with Crippen molar-refractivity contribution in [3.8, 4) is 23.0 Å². The number of carbonyl (C=O) groups is 6. The van der Waals surface area contributed by atoms with Crippen molar-refractivity contribution in [3.05, 3.63) is 356 Å². The number of ketones is 4. The predicted molar refractivity (Wildman–Crippen MR) is 388 cm³/mol. The molecule has 0 saturated carbocycles. The maximum atomic E-state index is 12.5. The molecule has 1 aliphatic heterocycles. The van der Waals surface area contributed by atoms with Crippen LogP contribution in [-0.4, -0.2) is 95.8 Å². The number of fused-ring (bicyclic) bond motifs is 2. The molecule has 514 valence electrons. The van der Waals surface area contributed by atoms with E-state index in [1.54, 1.807) is 12.1 Å². The number of allylic oxidation sites excluding steroid dienone is 6. The first-order valence-corrected chi connectivity index (χ1v) is 34.1. The molecule has 1 saturated heterocycles. The molecule has 17 heteroatoms. The molecule has 23 rings (SSSR count). The molecule has 11 aliphatic carbocycles. The van der Waals surface area contributed by atoms with Crippen LogP contribution >= 0.6 is 0 Å². The van der Waals surface area contributed by atoms with Gasteiger partial charge in [0.2, 0.25) is 0 Å². The summed E-state index contributed by atoms with van der Waals surface area (Å²) in [4.78, 5) is 63.7. The monoisotopic (exact) mass is 1440 g/mol. The van der Waals surface area contributed by atoms with Crippen molar-refractivity contribution in [2.24, 2.45) is 11.8 Å². The quantitative estimate of drug-likeness (QED) is 0.0313. The number of phenols is 2. The maximum absolute atomic E-state index is 12.5. The fourth-order valence-electron chi connectivity index (χ4n) is 16.4. The smallest absolute Gasteiger partial charge is 1.00 e. The Morgan fingerprint density at radius 2 is 0.619 bits per heavy atom. The minimum atomic E-state index is -0.546. The summed E-state index contributed by atoms with van der Waals surface area (Å²) in [6.45, 7) is 0.781. The van der Waals surface area contributed by atoms with Gasteiger partial charge in [-0.05, 0) is 161 Å². The van der Waals surface area contributed by atoms with Gasteiger partial charge in [-0.1, -0.05) is 194 Å². The number of hydrogen-bond donors (Lipinski definition) is 4. The van der Waals surface area contributed by atoms with Gasteiger partial charge in [0.05, 0.1) is 13.2 Å². The Balaban J connectivity index is 0.000000132. The molecule has 0 radical (unpaired) electrons. The van der Waals surface area contributed by atoms with Crippen LogP contribution in [-0.2, 0) is 33.4 Å². The van der Waals surface area contributed by atoms with E-state index in [9.17, 15) is 44.4 Å². The largest absolute Gasteiger partial charge is 1.00 e. The summed E-state index contributed by atoms with van der Waals surface area (Å²) in [6, 6.07) is 78.9. The van der Waals surface area contributed by atoms with E-state index in [0.717, 1.165) is 33.8 Å². The van der Waals surface area contributed by atoms with Gasteiger partial charge < -0.3 is 50.7 Å². The van der Waals surface area contributed by atoms with E-state index in [1.165, 1.54) is 125 Å². The third kappa shape index (κ3) is 14.9. The van der Waals surface area contributed by atoms with Crippen LogP contribution in [0.25, 0.3) is 21.5 Å². The van der Waals surface area contributed by atoms with Crippen molar-refractivity contribution >= 4 is 57.3 Å². The number of benzene rings is 11. The first kappa shape index (κ1) is 75.6. The number of carboxylic acid groups (broad SMARTS) is 1. The van der Waals surface area contributed by atoms with Crippen molar-refractivity contribution < 1.29 is 177 Å². The fraction of sp³-hybridized carbons (Fsp3) is 0.159. The molecular weight excluding hydrogens is 1380 g/mol. The summed E-state index contributed by atoms with van der Waals surface area (Å²) < 4.78 is 20.5. The molecule has 12 aliphatic rings. The van der Waals surface area contributed by atoms with Crippen LogP contribution in [0.4, 0.5) is 4.79 Å². The Hall–Kier alpha value is -9.03. The van der Waals surface area contributed by atoms with Gasteiger partial charge >= 0.3 is 109 Å². The SMILES string of the molecule is O=C1C=CC(=O)C2C3c4ccccc4C(c4ccccc43)C12.O=C1C=CC(=O)C=C1.O=C1OCCO1.O=C[O-].OCCOc1ccc(OCCO)c2c1C1c3ccccc3C2c2ccccc21.Oc1ccc(O)c2c1C1c3ccccc3C2c2ccccc21.[H-].[K+].[K+].c1ccc2cc3ccccc3cc2c1. The van der Waals surface area contributed by atoms with E-state index in [1.807, 2.05) is 60.7 Å². The van der Waals surface area contributed by atoms with Gasteiger partial charge in [-0.15, -0.1) is 0 Å². The van der Waals surface area contributed by atoms with Gasteiger partial charge in [0.15, 0.2) is 23.1 Å². The average Bonchev–Trinajstić information content (AvgIpc) is 0.847. The maximum Gasteiger partial charge on any atom is 1.00 e. The molecule has 105 heavy (non-hydrogen) atoms. The number of phenolic OH excluding ortho intramolecular Hbond substituents is 2. The van der Waals surface area contributed by atoms with Crippen molar-refractivity contribution in [2.75, 3.05) is 39.6 Å². The number of ether oxygens (including phenoxy) is 4. The fourth-order valence-corrected chi connectivity index (χ4v) is 16.4. The Bertz CT molecular complexity index is 4740. The topological polar surface area (TPSA) is 243 Å². The molecule has 1 heterocycles. The van der Waals surface area contributed by atoms with Crippen molar-refractivity contribution in [1.29, 1.82) is 0 Å². The molecule has 2 atom stereocenters. The van der Waals surface area contributed by atoms with Gasteiger partial charge in [-0.3, -0.25) is 19.2 Å².